The van der Waals surface area contributed by atoms with Crippen molar-refractivity contribution in [3.05, 3.63) is 89.5 Å². The molecule has 41 heavy (non-hydrogen) atoms. The van der Waals surface area contributed by atoms with Crippen molar-refractivity contribution < 1.29 is 14.7 Å². The van der Waals surface area contributed by atoms with Crippen molar-refractivity contribution in [1.29, 1.82) is 0 Å². The van der Waals surface area contributed by atoms with Crippen molar-refractivity contribution >= 4 is 39.9 Å². The number of nitrogens with one attached hydrogen (secondary N) is 1. The Balaban J connectivity index is 1.84. The lowest BCUT2D eigenvalue weighted by atomic mass is 10.00. The number of aliphatic imine (C=N–C) groups is 1. The lowest BCUT2D eigenvalue weighted by Crippen LogP contribution is -2.32. The molecule has 0 fully saturated rings. The van der Waals surface area contributed by atoms with Gasteiger partial charge < -0.3 is 20.2 Å². The summed E-state index contributed by atoms with van der Waals surface area (Å²) in [6.45, 7) is 5.45. The van der Waals surface area contributed by atoms with Crippen LogP contribution in [0.2, 0.25) is 0 Å². The minimum atomic E-state index is -0.432. The van der Waals surface area contributed by atoms with Crippen LogP contribution in [0.3, 0.4) is 0 Å². The molecule has 8 nitrogen and oxygen atoms in total. The van der Waals surface area contributed by atoms with Gasteiger partial charge in [-0.2, -0.15) is 0 Å². The zero-order valence-electron chi connectivity index (χ0n) is 24.5. The van der Waals surface area contributed by atoms with Crippen molar-refractivity contribution in [2.75, 3.05) is 39.1 Å². The van der Waals surface area contributed by atoms with Gasteiger partial charge in [0.1, 0.15) is 0 Å². The van der Waals surface area contributed by atoms with Crippen LogP contribution in [0.4, 0.5) is 16.2 Å². The quantitative estimate of drug-likeness (QED) is 0.237. The van der Waals surface area contributed by atoms with Gasteiger partial charge in [-0.3, -0.25) is 4.79 Å². The molecular formula is C33H39N5O3. The highest BCUT2D eigenvalue weighted by molar-refractivity contribution is 6.23. The van der Waals surface area contributed by atoms with E-state index in [9.17, 15) is 14.7 Å². The summed E-state index contributed by atoms with van der Waals surface area (Å²) in [6, 6.07) is 22.6. The molecule has 0 radical (unpaired) electrons. The number of aromatic hydroxyl groups is 1. The largest absolute Gasteiger partial charge is 0.494 e. The molecular weight excluding hydrogens is 514 g/mol. The summed E-state index contributed by atoms with van der Waals surface area (Å²) < 4.78 is 1.30. The molecule has 0 bridgehead atoms. The van der Waals surface area contributed by atoms with Crippen LogP contribution in [0.15, 0.2) is 77.8 Å². The molecule has 0 saturated heterocycles. The third-order valence-electron chi connectivity index (χ3n) is 7.11. The third-order valence-corrected chi connectivity index (χ3v) is 7.11. The lowest BCUT2D eigenvalue weighted by Gasteiger charge is -2.23. The maximum atomic E-state index is 12.9. The number of aromatic nitrogens is 1. The Hall–Kier alpha value is -4.43. The second kappa shape index (κ2) is 13.3. The number of carbonyl (C=O) groups is 2. The van der Waals surface area contributed by atoms with Crippen molar-refractivity contribution in [1.82, 2.24) is 14.8 Å². The van der Waals surface area contributed by atoms with E-state index >= 15 is 0 Å². The molecule has 0 spiro atoms. The Morgan fingerprint density at radius 3 is 2.27 bits per heavy atom. The predicted octanol–water partition coefficient (Wildman–Crippen LogP) is 5.96. The van der Waals surface area contributed by atoms with Gasteiger partial charge in [-0.15, -0.1) is 0 Å². The molecule has 0 aliphatic rings. The number of hydrogen-bond donors (Lipinski definition) is 2. The van der Waals surface area contributed by atoms with E-state index in [1.807, 2.05) is 106 Å². The SMILES string of the molecule is CCC(=O)N(CCCN(C)C)c1ccc(N=C(c2ccccc2)c2c(O)n(C(=O)NC)c3cc(CC)ccc23)cc1. The van der Waals surface area contributed by atoms with Crippen molar-refractivity contribution in [2.45, 2.75) is 33.1 Å². The fourth-order valence-corrected chi connectivity index (χ4v) is 4.92. The molecule has 0 saturated carbocycles. The van der Waals surface area contributed by atoms with Gasteiger partial charge in [0, 0.05) is 36.7 Å². The second-order valence-electron chi connectivity index (χ2n) is 10.2. The molecule has 4 rings (SSSR count). The summed E-state index contributed by atoms with van der Waals surface area (Å²) in [5.41, 5.74) is 4.97. The monoisotopic (exact) mass is 553 g/mol. The van der Waals surface area contributed by atoms with E-state index in [1.54, 1.807) is 0 Å². The number of nitrogens with zero attached hydrogens (tertiary/aromatic N) is 4. The van der Waals surface area contributed by atoms with Crippen LogP contribution in [-0.2, 0) is 11.2 Å². The van der Waals surface area contributed by atoms with Crippen LogP contribution < -0.4 is 10.2 Å². The van der Waals surface area contributed by atoms with E-state index in [2.05, 4.69) is 10.2 Å². The topological polar surface area (TPSA) is 90.2 Å². The van der Waals surface area contributed by atoms with E-state index in [1.165, 1.54) is 11.6 Å². The Kier molecular flexibility index (Phi) is 9.57. The summed E-state index contributed by atoms with van der Waals surface area (Å²) in [7, 11) is 5.59. The Morgan fingerprint density at radius 2 is 1.66 bits per heavy atom. The molecule has 1 aromatic heterocycles. The molecule has 8 heteroatoms. The standard InChI is InChI=1S/C33H39N5O3/c1-6-23-14-19-27-28(22-23)38(33(41)34-3)32(40)30(27)31(24-12-9-8-10-13-24)35-25-15-17-26(18-16-25)37(29(39)7-2)21-11-20-36(4)5/h8-10,12-19,22,40H,6-7,11,20-21H2,1-5H3,(H,34,41). The summed E-state index contributed by atoms with van der Waals surface area (Å²) in [6.07, 6.45) is 2.09. The first kappa shape index (κ1) is 29.6. The lowest BCUT2D eigenvalue weighted by molar-refractivity contribution is -0.118. The van der Waals surface area contributed by atoms with E-state index in [0.29, 0.717) is 35.4 Å². The number of amides is 2. The highest BCUT2D eigenvalue weighted by Gasteiger charge is 2.25. The van der Waals surface area contributed by atoms with Crippen molar-refractivity contribution in [3.8, 4) is 5.88 Å². The molecule has 0 aliphatic heterocycles. The Labute approximate surface area is 241 Å². The smallest absolute Gasteiger partial charge is 0.328 e. The van der Waals surface area contributed by atoms with Gasteiger partial charge in [-0.25, -0.2) is 14.4 Å². The summed E-state index contributed by atoms with van der Waals surface area (Å²) >= 11 is 0. The first-order valence-corrected chi connectivity index (χ1v) is 14.1. The van der Waals surface area contributed by atoms with Gasteiger partial charge in [-0.05, 0) is 69.4 Å². The van der Waals surface area contributed by atoms with Gasteiger partial charge in [0.05, 0.1) is 22.5 Å². The highest BCUT2D eigenvalue weighted by atomic mass is 16.3. The third kappa shape index (κ3) is 6.49. The molecule has 3 aromatic carbocycles. The fraction of sp³-hybridized carbons (Fsp3) is 0.303. The number of aryl methyl sites for hydroxylation is 1. The predicted molar refractivity (Wildman–Crippen MR) is 167 cm³/mol. The summed E-state index contributed by atoms with van der Waals surface area (Å²) in [5.74, 6) is -0.101. The van der Waals surface area contributed by atoms with Crippen LogP contribution in [0.5, 0.6) is 5.88 Å². The van der Waals surface area contributed by atoms with Crippen LogP contribution in [0, 0.1) is 0 Å². The summed E-state index contributed by atoms with van der Waals surface area (Å²) in [5, 5.41) is 14.8. The molecule has 0 aliphatic carbocycles. The summed E-state index contributed by atoms with van der Waals surface area (Å²) in [4.78, 5) is 34.6. The van der Waals surface area contributed by atoms with E-state index in [4.69, 9.17) is 4.99 Å². The zero-order chi connectivity index (χ0) is 29.5. The Morgan fingerprint density at radius 1 is 0.951 bits per heavy atom. The Bertz CT molecular complexity index is 1540. The number of anilines is 1. The molecule has 1 heterocycles. The van der Waals surface area contributed by atoms with E-state index in [0.717, 1.165) is 41.6 Å². The molecule has 0 unspecified atom stereocenters. The van der Waals surface area contributed by atoms with Crippen LogP contribution >= 0.6 is 0 Å². The number of hydrogen-bond acceptors (Lipinski definition) is 5. The molecule has 2 N–H and O–H groups in total. The maximum Gasteiger partial charge on any atom is 0.328 e. The van der Waals surface area contributed by atoms with Gasteiger partial charge in [0.25, 0.3) is 0 Å². The van der Waals surface area contributed by atoms with Gasteiger partial charge in [-0.1, -0.05) is 56.3 Å². The van der Waals surface area contributed by atoms with Crippen molar-refractivity contribution in [3.63, 3.8) is 0 Å². The van der Waals surface area contributed by atoms with Crippen LogP contribution in [0.25, 0.3) is 10.9 Å². The normalized spacial score (nSPS) is 11.7. The average molecular weight is 554 g/mol. The number of fused-ring (bicyclic) bond motifs is 1. The maximum absolute atomic E-state index is 12.9. The van der Waals surface area contributed by atoms with Gasteiger partial charge in [0.15, 0.2) is 0 Å². The molecule has 4 aromatic rings. The number of carbonyl (C=O) groups excluding carboxylic acids is 2. The fourth-order valence-electron chi connectivity index (χ4n) is 4.92. The van der Waals surface area contributed by atoms with Crippen LogP contribution in [0.1, 0.15) is 43.4 Å². The molecule has 214 valence electrons. The first-order chi connectivity index (χ1) is 19.8. The first-order valence-electron chi connectivity index (χ1n) is 14.1. The zero-order valence-corrected chi connectivity index (χ0v) is 24.5. The minimum absolute atomic E-state index is 0.0726. The second-order valence-corrected chi connectivity index (χ2v) is 10.2. The molecule has 0 atom stereocenters. The number of rotatable bonds is 10. The minimum Gasteiger partial charge on any atom is -0.494 e. The van der Waals surface area contributed by atoms with Gasteiger partial charge in [0.2, 0.25) is 11.8 Å². The number of benzene rings is 3. The molecule has 2 amide bonds. The van der Waals surface area contributed by atoms with E-state index in [-0.39, 0.29) is 11.8 Å². The average Bonchev–Trinajstić information content (AvgIpc) is 3.28. The van der Waals surface area contributed by atoms with E-state index < -0.39 is 6.03 Å². The van der Waals surface area contributed by atoms with Gasteiger partial charge >= 0.3 is 6.03 Å². The highest BCUT2D eigenvalue weighted by Crippen LogP contribution is 2.35. The van der Waals surface area contributed by atoms with Crippen LogP contribution in [-0.4, -0.2) is 66.5 Å². The van der Waals surface area contributed by atoms with Crippen molar-refractivity contribution in [2.24, 2.45) is 4.99 Å².